The molecule has 4 rings (SSSR count). The molecule has 1 saturated heterocycles. The molecule has 2 aromatic rings. The number of urea groups is 1. The van der Waals surface area contributed by atoms with Crippen LogP contribution >= 0.6 is 0 Å². The van der Waals surface area contributed by atoms with Gasteiger partial charge in [-0.05, 0) is 39.0 Å². The molecule has 10 nitrogen and oxygen atoms in total. The van der Waals surface area contributed by atoms with Gasteiger partial charge in [0.15, 0.2) is 11.5 Å². The van der Waals surface area contributed by atoms with Gasteiger partial charge in [0.1, 0.15) is 5.82 Å². The number of amides is 3. The van der Waals surface area contributed by atoms with Gasteiger partial charge in [-0.1, -0.05) is 24.3 Å². The lowest BCUT2D eigenvalue weighted by Gasteiger charge is -2.43. The number of likely N-dealkylation sites (N-methyl/N-ethyl adjacent to an activating group) is 1. The fourth-order valence-corrected chi connectivity index (χ4v) is 5.51. The lowest BCUT2D eigenvalue weighted by molar-refractivity contribution is -0.139. The molecule has 0 bridgehead atoms. The fraction of sp³-hybridized carbons (Fsp3) is 0.433. The first-order valence-electron chi connectivity index (χ1n) is 13.7. The minimum atomic E-state index is -0.842. The Kier molecular flexibility index (Phi) is 9.49. The summed E-state index contributed by atoms with van der Waals surface area (Å²) < 4.78 is 30.9. The van der Waals surface area contributed by atoms with Crippen LogP contribution in [-0.2, 0) is 9.53 Å². The maximum Gasteiger partial charge on any atom is 0.338 e. The first-order chi connectivity index (χ1) is 19.7. The topological polar surface area (TPSA) is 101 Å². The summed E-state index contributed by atoms with van der Waals surface area (Å²) in [6, 6.07) is 9.81. The highest BCUT2D eigenvalue weighted by atomic mass is 19.1. The van der Waals surface area contributed by atoms with E-state index in [9.17, 15) is 18.8 Å². The van der Waals surface area contributed by atoms with Crippen LogP contribution in [0.5, 0.6) is 11.5 Å². The number of benzene rings is 2. The SMILES string of the molecule is CCOC(=O)C1=C(CN2CCN(C(=O)c3ccccc3F)C(C)C2)N(CC)C(=O)NC1c1cccc(OC)c1OC. The van der Waals surface area contributed by atoms with E-state index in [2.05, 4.69) is 10.2 Å². The van der Waals surface area contributed by atoms with Crippen molar-refractivity contribution in [2.24, 2.45) is 0 Å². The third kappa shape index (κ3) is 6.00. The summed E-state index contributed by atoms with van der Waals surface area (Å²) in [4.78, 5) is 45.3. The molecule has 220 valence electrons. The van der Waals surface area contributed by atoms with Crippen LogP contribution in [0.2, 0.25) is 0 Å². The second-order valence-corrected chi connectivity index (χ2v) is 9.85. The summed E-state index contributed by atoms with van der Waals surface area (Å²) in [5.74, 6) is -0.592. The summed E-state index contributed by atoms with van der Waals surface area (Å²) in [7, 11) is 3.02. The van der Waals surface area contributed by atoms with Crippen LogP contribution in [0, 0.1) is 5.82 Å². The molecule has 41 heavy (non-hydrogen) atoms. The van der Waals surface area contributed by atoms with Crippen molar-refractivity contribution in [3.05, 3.63) is 70.7 Å². The van der Waals surface area contributed by atoms with Gasteiger partial charge < -0.3 is 24.4 Å². The minimum Gasteiger partial charge on any atom is -0.493 e. The van der Waals surface area contributed by atoms with E-state index in [1.54, 1.807) is 42.2 Å². The molecule has 2 atom stereocenters. The molecule has 2 aromatic carbocycles. The summed E-state index contributed by atoms with van der Waals surface area (Å²) in [6.45, 7) is 7.52. The number of methoxy groups -OCH3 is 2. The third-order valence-corrected chi connectivity index (χ3v) is 7.44. The van der Waals surface area contributed by atoms with E-state index in [-0.39, 0.29) is 36.7 Å². The Balaban J connectivity index is 1.69. The number of para-hydroxylation sites is 1. The molecule has 0 spiro atoms. The number of esters is 1. The molecule has 11 heteroatoms. The predicted octanol–water partition coefficient (Wildman–Crippen LogP) is 3.59. The Morgan fingerprint density at radius 3 is 2.44 bits per heavy atom. The molecule has 1 N–H and O–H groups in total. The van der Waals surface area contributed by atoms with E-state index in [0.29, 0.717) is 54.5 Å². The van der Waals surface area contributed by atoms with Gasteiger partial charge in [0.05, 0.1) is 38.0 Å². The van der Waals surface area contributed by atoms with Crippen LogP contribution in [0.4, 0.5) is 9.18 Å². The van der Waals surface area contributed by atoms with Crippen molar-refractivity contribution >= 4 is 17.9 Å². The number of nitrogens with one attached hydrogen (secondary N) is 1. The zero-order valence-electron chi connectivity index (χ0n) is 24.1. The van der Waals surface area contributed by atoms with E-state index < -0.39 is 17.8 Å². The number of hydrogen-bond donors (Lipinski definition) is 1. The van der Waals surface area contributed by atoms with Gasteiger partial charge in [-0.25, -0.2) is 14.0 Å². The molecule has 2 aliphatic rings. The molecule has 0 aromatic heterocycles. The number of carbonyl (C=O) groups is 3. The maximum atomic E-state index is 14.3. The molecular weight excluding hydrogens is 531 g/mol. The molecule has 0 radical (unpaired) electrons. The largest absolute Gasteiger partial charge is 0.493 e. The van der Waals surface area contributed by atoms with Crippen LogP contribution < -0.4 is 14.8 Å². The van der Waals surface area contributed by atoms with Crippen molar-refractivity contribution in [1.29, 1.82) is 0 Å². The Hall–Kier alpha value is -4.12. The van der Waals surface area contributed by atoms with Crippen molar-refractivity contribution in [3.63, 3.8) is 0 Å². The summed E-state index contributed by atoms with van der Waals surface area (Å²) >= 11 is 0. The highest BCUT2D eigenvalue weighted by Gasteiger charge is 2.40. The van der Waals surface area contributed by atoms with Gasteiger partial charge >= 0.3 is 12.0 Å². The number of nitrogens with zero attached hydrogens (tertiary/aromatic N) is 3. The molecule has 0 aliphatic carbocycles. The summed E-state index contributed by atoms with van der Waals surface area (Å²) in [5.41, 5.74) is 1.42. The first-order valence-corrected chi connectivity index (χ1v) is 13.7. The second kappa shape index (κ2) is 13.0. The van der Waals surface area contributed by atoms with Crippen LogP contribution in [0.15, 0.2) is 53.7 Å². The van der Waals surface area contributed by atoms with E-state index in [1.807, 2.05) is 13.8 Å². The van der Waals surface area contributed by atoms with Crippen LogP contribution in [0.3, 0.4) is 0 Å². The summed E-state index contributed by atoms with van der Waals surface area (Å²) in [6.07, 6.45) is 0. The van der Waals surface area contributed by atoms with Gasteiger partial charge in [-0.15, -0.1) is 0 Å². The zero-order chi connectivity index (χ0) is 29.7. The average Bonchev–Trinajstić information content (AvgIpc) is 2.96. The number of halogens is 1. The van der Waals surface area contributed by atoms with Gasteiger partial charge in [0.25, 0.3) is 5.91 Å². The van der Waals surface area contributed by atoms with Gasteiger partial charge in [-0.3, -0.25) is 14.6 Å². The lowest BCUT2D eigenvalue weighted by atomic mass is 9.93. The lowest BCUT2D eigenvalue weighted by Crippen LogP contribution is -2.56. The van der Waals surface area contributed by atoms with Crippen LogP contribution in [0.25, 0.3) is 0 Å². The van der Waals surface area contributed by atoms with Crippen LogP contribution in [0.1, 0.15) is 42.7 Å². The number of ether oxygens (including phenoxy) is 3. The third-order valence-electron chi connectivity index (χ3n) is 7.44. The monoisotopic (exact) mass is 568 g/mol. The van der Waals surface area contributed by atoms with Crippen molar-refractivity contribution in [3.8, 4) is 11.5 Å². The molecule has 0 saturated carbocycles. The van der Waals surface area contributed by atoms with Crippen molar-refractivity contribution in [2.75, 3.05) is 53.6 Å². The normalized spacial score (nSPS) is 19.6. The highest BCUT2D eigenvalue weighted by Crippen LogP contribution is 2.40. The molecule has 1 fully saturated rings. The Morgan fingerprint density at radius 1 is 1.05 bits per heavy atom. The molecule has 3 amide bonds. The number of carbonyl (C=O) groups excluding carboxylic acids is 3. The van der Waals surface area contributed by atoms with Gasteiger partial charge in [-0.2, -0.15) is 0 Å². The summed E-state index contributed by atoms with van der Waals surface area (Å²) in [5, 5.41) is 2.96. The maximum absolute atomic E-state index is 14.3. The minimum absolute atomic E-state index is 0.0382. The predicted molar refractivity (Wildman–Crippen MR) is 150 cm³/mol. The highest BCUT2D eigenvalue weighted by molar-refractivity contribution is 5.96. The zero-order valence-corrected chi connectivity index (χ0v) is 24.1. The Bertz CT molecular complexity index is 1330. The van der Waals surface area contributed by atoms with E-state index in [0.717, 1.165) is 0 Å². The standard InChI is InChI=1S/C30H37FN4O6/c1-6-34-23(18-33-15-16-35(19(3)17-33)28(36)20-11-8-9-13-22(20)31)25(29(37)41-7-2)26(32-30(34)38)21-12-10-14-24(39-4)27(21)40-5/h8-14,19,26H,6-7,15-18H2,1-5H3,(H,32,38). The van der Waals surface area contributed by atoms with Gasteiger partial charge in [0, 0.05) is 50.0 Å². The smallest absolute Gasteiger partial charge is 0.338 e. The molecule has 2 unspecified atom stereocenters. The number of hydrogen-bond acceptors (Lipinski definition) is 7. The van der Waals surface area contributed by atoms with E-state index in [4.69, 9.17) is 14.2 Å². The molecule has 2 heterocycles. The average molecular weight is 569 g/mol. The van der Waals surface area contributed by atoms with E-state index >= 15 is 0 Å². The van der Waals surface area contributed by atoms with Crippen molar-refractivity contribution < 1.29 is 33.0 Å². The molecular formula is C30H37FN4O6. The van der Waals surface area contributed by atoms with E-state index in [1.165, 1.54) is 31.3 Å². The van der Waals surface area contributed by atoms with Crippen LogP contribution in [-0.4, -0.2) is 92.2 Å². The first kappa shape index (κ1) is 29.9. The second-order valence-electron chi connectivity index (χ2n) is 9.85. The van der Waals surface area contributed by atoms with Gasteiger partial charge in [0.2, 0.25) is 0 Å². The fourth-order valence-electron chi connectivity index (χ4n) is 5.51. The van der Waals surface area contributed by atoms with Crippen molar-refractivity contribution in [1.82, 2.24) is 20.0 Å². The quantitative estimate of drug-likeness (QED) is 0.462. The van der Waals surface area contributed by atoms with Crippen molar-refractivity contribution in [2.45, 2.75) is 32.9 Å². The Labute approximate surface area is 239 Å². The number of piperazine rings is 1. The number of rotatable bonds is 9. The molecule has 2 aliphatic heterocycles. The Morgan fingerprint density at radius 2 is 1.80 bits per heavy atom.